The molecule has 2 aromatic heterocycles. The first-order valence-corrected chi connectivity index (χ1v) is 8.87. The average Bonchev–Trinajstić information content (AvgIpc) is 3.14. The molecule has 0 aliphatic heterocycles. The summed E-state index contributed by atoms with van der Waals surface area (Å²) in [5.74, 6) is -0.486. The van der Waals surface area contributed by atoms with Crippen LogP contribution in [-0.2, 0) is 11.2 Å². The summed E-state index contributed by atoms with van der Waals surface area (Å²) in [6.07, 6.45) is 0.969. The third-order valence-corrected chi connectivity index (χ3v) is 5.15. The summed E-state index contributed by atoms with van der Waals surface area (Å²) in [7, 11) is 0. The Labute approximate surface area is 141 Å². The number of benzene rings is 1. The van der Waals surface area contributed by atoms with Crippen LogP contribution in [0.4, 0.5) is 10.1 Å². The first-order chi connectivity index (χ1) is 11.1. The summed E-state index contributed by atoms with van der Waals surface area (Å²) < 4.78 is 13.1. The van der Waals surface area contributed by atoms with E-state index in [9.17, 15) is 9.18 Å². The van der Waals surface area contributed by atoms with Crippen LogP contribution in [0.25, 0.3) is 10.6 Å². The van der Waals surface area contributed by atoms with Crippen LogP contribution in [0.15, 0.2) is 41.8 Å². The second-order valence-corrected chi connectivity index (χ2v) is 7.28. The quantitative estimate of drug-likeness (QED) is 0.714. The predicted octanol–water partition coefficient (Wildman–Crippen LogP) is 4.89. The molecule has 0 spiro atoms. The van der Waals surface area contributed by atoms with E-state index in [1.165, 1.54) is 12.1 Å². The Kier molecular flexibility index (Phi) is 4.83. The summed E-state index contributed by atoms with van der Waals surface area (Å²) >= 11 is 3.26. The standard InChI is InChI=1S/C17H15FN2OS2/c1-11-19-17(14-6-3-9-22-14)15(23-11)7-8-16(21)20-13-5-2-4-12(18)10-13/h2-6,9-10H,7-8H2,1H3,(H,20,21). The van der Waals surface area contributed by atoms with E-state index in [1.54, 1.807) is 34.8 Å². The van der Waals surface area contributed by atoms with Crippen molar-refractivity contribution in [1.29, 1.82) is 0 Å². The lowest BCUT2D eigenvalue weighted by Gasteiger charge is -2.05. The summed E-state index contributed by atoms with van der Waals surface area (Å²) in [4.78, 5) is 18.9. The lowest BCUT2D eigenvalue weighted by Crippen LogP contribution is -2.12. The van der Waals surface area contributed by atoms with Crippen LogP contribution in [0.3, 0.4) is 0 Å². The Morgan fingerprint density at radius 2 is 2.17 bits per heavy atom. The molecule has 0 saturated heterocycles. The maximum atomic E-state index is 13.1. The maximum Gasteiger partial charge on any atom is 0.224 e. The highest BCUT2D eigenvalue weighted by Crippen LogP contribution is 2.32. The highest BCUT2D eigenvalue weighted by atomic mass is 32.1. The molecule has 0 radical (unpaired) electrons. The number of aromatic nitrogens is 1. The van der Waals surface area contributed by atoms with Gasteiger partial charge >= 0.3 is 0 Å². The van der Waals surface area contributed by atoms with Gasteiger partial charge in [0.25, 0.3) is 0 Å². The van der Waals surface area contributed by atoms with Crippen molar-refractivity contribution in [2.45, 2.75) is 19.8 Å². The number of halogens is 1. The second-order valence-electron chi connectivity index (χ2n) is 5.04. The minimum absolute atomic E-state index is 0.126. The molecule has 118 valence electrons. The van der Waals surface area contributed by atoms with E-state index in [0.717, 1.165) is 20.5 Å². The third kappa shape index (κ3) is 4.03. The van der Waals surface area contributed by atoms with Gasteiger partial charge in [-0.25, -0.2) is 9.37 Å². The lowest BCUT2D eigenvalue weighted by atomic mass is 10.2. The molecule has 3 aromatic rings. The monoisotopic (exact) mass is 346 g/mol. The molecule has 0 unspecified atom stereocenters. The molecular weight excluding hydrogens is 331 g/mol. The molecule has 23 heavy (non-hydrogen) atoms. The largest absolute Gasteiger partial charge is 0.326 e. The number of rotatable bonds is 5. The number of anilines is 1. The van der Waals surface area contributed by atoms with Crippen LogP contribution in [-0.4, -0.2) is 10.9 Å². The number of aryl methyl sites for hydroxylation is 2. The molecule has 2 heterocycles. The van der Waals surface area contributed by atoms with Gasteiger partial charge in [0.15, 0.2) is 0 Å². The molecular formula is C17H15FN2OS2. The van der Waals surface area contributed by atoms with Crippen molar-refractivity contribution in [2.75, 3.05) is 5.32 Å². The van der Waals surface area contributed by atoms with Gasteiger partial charge in [0.1, 0.15) is 5.82 Å². The number of hydrogen-bond acceptors (Lipinski definition) is 4. The van der Waals surface area contributed by atoms with Crippen LogP contribution >= 0.6 is 22.7 Å². The van der Waals surface area contributed by atoms with Crippen LogP contribution < -0.4 is 5.32 Å². The van der Waals surface area contributed by atoms with Crippen LogP contribution in [0.5, 0.6) is 0 Å². The van der Waals surface area contributed by atoms with Gasteiger partial charge in [-0.05, 0) is 43.0 Å². The molecule has 1 aromatic carbocycles. The molecule has 0 saturated carbocycles. The third-order valence-electron chi connectivity index (χ3n) is 3.25. The molecule has 3 rings (SSSR count). The number of hydrogen-bond donors (Lipinski definition) is 1. The summed E-state index contributed by atoms with van der Waals surface area (Å²) in [5.41, 5.74) is 1.45. The first kappa shape index (κ1) is 15.8. The normalized spacial score (nSPS) is 10.7. The SMILES string of the molecule is Cc1nc(-c2cccs2)c(CCC(=O)Nc2cccc(F)c2)s1. The highest BCUT2D eigenvalue weighted by Gasteiger charge is 2.13. The average molecular weight is 346 g/mol. The summed E-state index contributed by atoms with van der Waals surface area (Å²) in [6, 6.07) is 9.95. The van der Waals surface area contributed by atoms with Crippen molar-refractivity contribution in [3.05, 3.63) is 57.5 Å². The smallest absolute Gasteiger partial charge is 0.224 e. The van der Waals surface area contributed by atoms with Crippen molar-refractivity contribution in [3.8, 4) is 10.6 Å². The molecule has 6 heteroatoms. The summed E-state index contributed by atoms with van der Waals surface area (Å²) in [5, 5.41) is 5.73. The molecule has 0 atom stereocenters. The molecule has 0 aliphatic carbocycles. The van der Waals surface area contributed by atoms with Crippen LogP contribution in [0, 0.1) is 12.7 Å². The van der Waals surface area contributed by atoms with Gasteiger partial charge < -0.3 is 5.32 Å². The first-order valence-electron chi connectivity index (χ1n) is 7.17. The molecule has 0 fully saturated rings. The topological polar surface area (TPSA) is 42.0 Å². The van der Waals surface area contributed by atoms with Gasteiger partial charge in [0.05, 0.1) is 15.6 Å². The van der Waals surface area contributed by atoms with Crippen molar-refractivity contribution < 1.29 is 9.18 Å². The predicted molar refractivity (Wildman–Crippen MR) is 93.5 cm³/mol. The molecule has 1 amide bonds. The van der Waals surface area contributed by atoms with Gasteiger partial charge in [-0.15, -0.1) is 22.7 Å². The highest BCUT2D eigenvalue weighted by molar-refractivity contribution is 7.15. The van der Waals surface area contributed by atoms with Crippen LogP contribution in [0.2, 0.25) is 0 Å². The number of amides is 1. The number of thiazole rings is 1. The number of carbonyl (C=O) groups is 1. The Morgan fingerprint density at radius 3 is 2.91 bits per heavy atom. The van der Waals surface area contributed by atoms with Gasteiger partial charge in [-0.3, -0.25) is 4.79 Å². The maximum absolute atomic E-state index is 13.1. The molecule has 3 nitrogen and oxygen atoms in total. The Bertz CT molecular complexity index is 812. The minimum atomic E-state index is -0.360. The molecule has 0 aliphatic rings. The summed E-state index contributed by atoms with van der Waals surface area (Å²) in [6.45, 7) is 1.97. The molecule has 0 bridgehead atoms. The number of nitrogens with one attached hydrogen (secondary N) is 1. The van der Waals surface area contributed by atoms with E-state index < -0.39 is 0 Å². The Morgan fingerprint density at radius 1 is 1.30 bits per heavy atom. The minimum Gasteiger partial charge on any atom is -0.326 e. The van der Waals surface area contributed by atoms with Crippen LogP contribution in [0.1, 0.15) is 16.3 Å². The number of nitrogens with zero attached hydrogens (tertiary/aromatic N) is 1. The lowest BCUT2D eigenvalue weighted by molar-refractivity contribution is -0.116. The zero-order chi connectivity index (χ0) is 16.2. The zero-order valence-corrected chi connectivity index (χ0v) is 14.1. The fourth-order valence-electron chi connectivity index (χ4n) is 2.26. The van der Waals surface area contributed by atoms with E-state index in [-0.39, 0.29) is 11.7 Å². The fraction of sp³-hybridized carbons (Fsp3) is 0.176. The van der Waals surface area contributed by atoms with E-state index in [1.807, 2.05) is 24.4 Å². The van der Waals surface area contributed by atoms with E-state index in [0.29, 0.717) is 18.5 Å². The van der Waals surface area contributed by atoms with Gasteiger partial charge in [-0.1, -0.05) is 12.1 Å². The van der Waals surface area contributed by atoms with E-state index in [4.69, 9.17) is 0 Å². The van der Waals surface area contributed by atoms with Gasteiger partial charge in [-0.2, -0.15) is 0 Å². The van der Waals surface area contributed by atoms with Gasteiger partial charge in [0.2, 0.25) is 5.91 Å². The second kappa shape index (κ2) is 7.02. The van der Waals surface area contributed by atoms with Gasteiger partial charge in [0, 0.05) is 17.0 Å². The van der Waals surface area contributed by atoms with E-state index >= 15 is 0 Å². The Balaban J connectivity index is 1.65. The van der Waals surface area contributed by atoms with Crippen molar-refractivity contribution in [3.63, 3.8) is 0 Å². The van der Waals surface area contributed by atoms with Crippen molar-refractivity contribution in [2.24, 2.45) is 0 Å². The Hall–Kier alpha value is -2.05. The number of carbonyl (C=O) groups excluding carboxylic acids is 1. The number of thiophene rings is 1. The van der Waals surface area contributed by atoms with Crippen molar-refractivity contribution >= 4 is 34.3 Å². The molecule has 1 N–H and O–H groups in total. The fourth-order valence-corrected chi connectivity index (χ4v) is 4.02. The van der Waals surface area contributed by atoms with E-state index in [2.05, 4.69) is 10.3 Å². The van der Waals surface area contributed by atoms with Crippen molar-refractivity contribution in [1.82, 2.24) is 4.98 Å². The zero-order valence-electron chi connectivity index (χ0n) is 12.5.